The van der Waals surface area contributed by atoms with Crippen LogP contribution in [0, 0.1) is 0 Å². The largest absolute Gasteiger partial charge is 0.418 e. The average molecular weight is 520 g/mol. The Morgan fingerprint density at radius 3 is 2.27 bits per heavy atom. The van der Waals surface area contributed by atoms with Gasteiger partial charge in [-0.1, -0.05) is 35.3 Å². The van der Waals surface area contributed by atoms with Crippen molar-refractivity contribution in [3.8, 4) is 10.8 Å². The number of oxazole rings is 1. The molecule has 33 heavy (non-hydrogen) atoms. The lowest BCUT2D eigenvalue weighted by molar-refractivity contribution is 0.526. The van der Waals surface area contributed by atoms with Gasteiger partial charge < -0.3 is 14.2 Å². The Morgan fingerprint density at radius 1 is 0.879 bits per heavy atom. The first kappa shape index (κ1) is 22.3. The van der Waals surface area contributed by atoms with E-state index < -0.39 is 9.84 Å². The molecule has 1 aliphatic rings. The summed E-state index contributed by atoms with van der Waals surface area (Å²) in [5, 5.41) is 2.97. The lowest BCUT2D eigenvalue weighted by Crippen LogP contribution is -2.46. The summed E-state index contributed by atoms with van der Waals surface area (Å²) in [5.74, 6) is 0.559. The highest BCUT2D eigenvalue weighted by Crippen LogP contribution is 2.37. The molecule has 4 aromatic rings. The van der Waals surface area contributed by atoms with Crippen molar-refractivity contribution in [1.82, 2.24) is 4.98 Å². The van der Waals surface area contributed by atoms with Crippen LogP contribution in [-0.2, 0) is 9.84 Å². The number of hydrogen-bond donors (Lipinski definition) is 0. The second-order valence-electron chi connectivity index (χ2n) is 7.52. The van der Waals surface area contributed by atoms with Gasteiger partial charge in [-0.2, -0.15) is 4.98 Å². The van der Waals surface area contributed by atoms with Crippen LogP contribution >= 0.6 is 34.5 Å². The summed E-state index contributed by atoms with van der Waals surface area (Å²) in [6, 6.07) is 17.5. The second-order valence-corrected chi connectivity index (χ2v) is 11.2. The van der Waals surface area contributed by atoms with Gasteiger partial charge in [-0.05, 0) is 53.9 Å². The van der Waals surface area contributed by atoms with Gasteiger partial charge in [0.15, 0.2) is 0 Å². The number of benzene rings is 2. The third kappa shape index (κ3) is 4.48. The molecule has 0 radical (unpaired) electrons. The second kappa shape index (κ2) is 9.02. The lowest BCUT2D eigenvalue weighted by atomic mass is 10.2. The van der Waals surface area contributed by atoms with Crippen molar-refractivity contribution >= 4 is 55.9 Å². The Balaban J connectivity index is 1.49. The minimum Gasteiger partial charge on any atom is -0.418 e. The molecule has 2 aromatic carbocycles. The number of anilines is 2. The van der Waals surface area contributed by atoms with Gasteiger partial charge in [0, 0.05) is 41.9 Å². The zero-order chi connectivity index (χ0) is 23.0. The number of thiophene rings is 1. The Bertz CT molecular complexity index is 1360. The van der Waals surface area contributed by atoms with Crippen LogP contribution in [0.3, 0.4) is 0 Å². The summed E-state index contributed by atoms with van der Waals surface area (Å²) in [6.07, 6.45) is 0. The fourth-order valence-electron chi connectivity index (χ4n) is 3.74. The monoisotopic (exact) mass is 519 g/mol. The molecule has 0 unspecified atom stereocenters. The fourth-order valence-corrected chi connectivity index (χ4v) is 6.03. The minimum atomic E-state index is -3.91. The SMILES string of the molecule is O=S(=O)(c1ccc(Cl)cc1)c1nc(-c2cccs2)oc1N1CCN(c2cccc(Cl)c2)CC1. The zero-order valence-corrected chi connectivity index (χ0v) is 20.5. The van der Waals surface area contributed by atoms with E-state index in [1.807, 2.05) is 46.7 Å². The summed E-state index contributed by atoms with van der Waals surface area (Å²) >= 11 is 13.5. The topological polar surface area (TPSA) is 66.7 Å². The van der Waals surface area contributed by atoms with Crippen molar-refractivity contribution in [2.45, 2.75) is 9.92 Å². The maximum absolute atomic E-state index is 13.5. The third-order valence-electron chi connectivity index (χ3n) is 5.43. The van der Waals surface area contributed by atoms with Gasteiger partial charge in [0.25, 0.3) is 0 Å². The highest BCUT2D eigenvalue weighted by molar-refractivity contribution is 7.91. The summed E-state index contributed by atoms with van der Waals surface area (Å²) in [4.78, 5) is 9.48. The minimum absolute atomic E-state index is 0.0792. The van der Waals surface area contributed by atoms with Crippen molar-refractivity contribution in [2.75, 3.05) is 36.0 Å². The van der Waals surface area contributed by atoms with E-state index in [-0.39, 0.29) is 15.8 Å². The lowest BCUT2D eigenvalue weighted by Gasteiger charge is -2.36. The van der Waals surface area contributed by atoms with Crippen LogP contribution in [-0.4, -0.2) is 39.6 Å². The van der Waals surface area contributed by atoms with Crippen LogP contribution in [0.1, 0.15) is 0 Å². The number of halogens is 2. The van der Waals surface area contributed by atoms with Gasteiger partial charge in [-0.15, -0.1) is 11.3 Å². The van der Waals surface area contributed by atoms with E-state index in [1.165, 1.54) is 23.5 Å². The number of nitrogens with zero attached hydrogens (tertiary/aromatic N) is 3. The van der Waals surface area contributed by atoms with Crippen LogP contribution < -0.4 is 9.80 Å². The normalized spacial score (nSPS) is 14.6. The number of sulfone groups is 1. The molecule has 0 amide bonds. The first-order chi connectivity index (χ1) is 15.9. The fraction of sp³-hybridized carbons (Fsp3) is 0.174. The number of aromatic nitrogens is 1. The molecule has 1 saturated heterocycles. The van der Waals surface area contributed by atoms with Crippen molar-refractivity contribution in [2.24, 2.45) is 0 Å². The van der Waals surface area contributed by atoms with Gasteiger partial charge in [0.2, 0.25) is 26.6 Å². The van der Waals surface area contributed by atoms with Crippen molar-refractivity contribution in [1.29, 1.82) is 0 Å². The Morgan fingerprint density at radius 2 is 1.61 bits per heavy atom. The Kier molecular flexibility index (Phi) is 6.09. The Hall–Kier alpha value is -2.52. The molecular weight excluding hydrogens is 501 g/mol. The molecule has 0 atom stereocenters. The summed E-state index contributed by atoms with van der Waals surface area (Å²) in [6.45, 7) is 2.54. The van der Waals surface area contributed by atoms with Crippen LogP contribution in [0.4, 0.5) is 11.6 Å². The summed E-state index contributed by atoms with van der Waals surface area (Å²) in [7, 11) is -3.91. The molecule has 6 nitrogen and oxygen atoms in total. The molecule has 2 aromatic heterocycles. The molecule has 0 N–H and O–H groups in total. The number of rotatable bonds is 5. The number of piperazine rings is 1. The maximum atomic E-state index is 13.5. The van der Waals surface area contributed by atoms with E-state index >= 15 is 0 Å². The van der Waals surface area contributed by atoms with Crippen molar-refractivity contribution in [3.05, 3.63) is 76.1 Å². The molecule has 5 rings (SSSR count). The van der Waals surface area contributed by atoms with E-state index in [2.05, 4.69) is 9.88 Å². The van der Waals surface area contributed by atoms with Gasteiger partial charge in [0.1, 0.15) is 0 Å². The molecule has 1 fully saturated rings. The van der Waals surface area contributed by atoms with Crippen LogP contribution in [0.2, 0.25) is 10.0 Å². The summed E-state index contributed by atoms with van der Waals surface area (Å²) < 4.78 is 33.1. The third-order valence-corrected chi connectivity index (χ3v) is 8.44. The van der Waals surface area contributed by atoms with Gasteiger partial charge in [0.05, 0.1) is 9.77 Å². The highest BCUT2D eigenvalue weighted by atomic mass is 35.5. The molecule has 1 aliphatic heterocycles. The van der Waals surface area contributed by atoms with E-state index in [0.29, 0.717) is 42.1 Å². The molecular formula is C23H19Cl2N3O3S2. The van der Waals surface area contributed by atoms with E-state index in [9.17, 15) is 8.42 Å². The smallest absolute Gasteiger partial charge is 0.240 e. The predicted molar refractivity (Wildman–Crippen MR) is 133 cm³/mol. The zero-order valence-electron chi connectivity index (χ0n) is 17.3. The van der Waals surface area contributed by atoms with Gasteiger partial charge in [-0.25, -0.2) is 8.42 Å². The average Bonchev–Trinajstić information content (AvgIpc) is 3.50. The van der Waals surface area contributed by atoms with Crippen molar-refractivity contribution < 1.29 is 12.8 Å². The van der Waals surface area contributed by atoms with Crippen LogP contribution in [0.15, 0.2) is 80.4 Å². The predicted octanol–water partition coefficient (Wildman–Crippen LogP) is 5.87. The molecule has 10 heteroatoms. The van der Waals surface area contributed by atoms with Crippen LogP contribution in [0.5, 0.6) is 0 Å². The molecule has 170 valence electrons. The van der Waals surface area contributed by atoms with E-state index in [4.69, 9.17) is 27.6 Å². The number of hydrogen-bond acceptors (Lipinski definition) is 7. The first-order valence-corrected chi connectivity index (χ1v) is 13.3. The Labute approximate surface area is 205 Å². The maximum Gasteiger partial charge on any atom is 0.240 e. The molecule has 0 aliphatic carbocycles. The summed E-state index contributed by atoms with van der Waals surface area (Å²) in [5.41, 5.74) is 1.04. The quantitative estimate of drug-likeness (QED) is 0.328. The molecule has 0 bridgehead atoms. The van der Waals surface area contributed by atoms with E-state index in [1.54, 1.807) is 12.1 Å². The highest BCUT2D eigenvalue weighted by Gasteiger charge is 2.33. The van der Waals surface area contributed by atoms with E-state index in [0.717, 1.165) is 10.6 Å². The van der Waals surface area contributed by atoms with Gasteiger partial charge in [-0.3, -0.25) is 0 Å². The standard InChI is InChI=1S/C23H19Cl2N3O3S2/c24-16-6-8-19(9-7-16)33(29,30)22-23(31-21(26-22)20-5-2-14-32-20)28-12-10-27(11-13-28)18-4-1-3-17(25)15-18/h1-9,14-15H,10-13H2. The van der Waals surface area contributed by atoms with Gasteiger partial charge >= 0.3 is 0 Å². The van der Waals surface area contributed by atoms with Crippen LogP contribution in [0.25, 0.3) is 10.8 Å². The molecule has 0 saturated carbocycles. The van der Waals surface area contributed by atoms with Crippen molar-refractivity contribution in [3.63, 3.8) is 0 Å². The molecule has 3 heterocycles. The molecule has 0 spiro atoms. The first-order valence-electron chi connectivity index (χ1n) is 10.2.